The van der Waals surface area contributed by atoms with Gasteiger partial charge in [-0.1, -0.05) is 6.07 Å². The first-order valence-electron chi connectivity index (χ1n) is 6.49. The van der Waals surface area contributed by atoms with Crippen molar-refractivity contribution in [2.45, 2.75) is 45.5 Å². The molecule has 0 radical (unpaired) electrons. The van der Waals surface area contributed by atoms with E-state index in [4.69, 9.17) is 0 Å². The predicted molar refractivity (Wildman–Crippen MR) is 67.1 cm³/mol. The molecule has 0 N–H and O–H groups in total. The van der Waals surface area contributed by atoms with Gasteiger partial charge in [0.25, 0.3) is 0 Å². The third kappa shape index (κ3) is 2.99. The van der Waals surface area contributed by atoms with E-state index in [0.29, 0.717) is 5.56 Å². The molecule has 1 fully saturated rings. The van der Waals surface area contributed by atoms with Crippen LogP contribution in [0.2, 0.25) is 0 Å². The van der Waals surface area contributed by atoms with Crippen molar-refractivity contribution in [3.63, 3.8) is 0 Å². The summed E-state index contributed by atoms with van der Waals surface area (Å²) >= 11 is 0. The van der Waals surface area contributed by atoms with Gasteiger partial charge in [0.2, 0.25) is 5.92 Å². The highest BCUT2D eigenvalue weighted by atomic mass is 19.3. The fraction of sp³-hybridized carbons (Fsp3) is 0.533. The van der Waals surface area contributed by atoms with Crippen molar-refractivity contribution in [3.05, 3.63) is 34.6 Å². The molecule has 1 aromatic rings. The summed E-state index contributed by atoms with van der Waals surface area (Å²) in [4.78, 5) is 12.3. The summed E-state index contributed by atoms with van der Waals surface area (Å²) in [7, 11) is 0. The van der Waals surface area contributed by atoms with Crippen LogP contribution in [0.4, 0.5) is 13.2 Å². The number of halogens is 3. The van der Waals surface area contributed by atoms with Crippen molar-refractivity contribution in [3.8, 4) is 0 Å². The van der Waals surface area contributed by atoms with Gasteiger partial charge in [-0.2, -0.15) is 0 Å². The Morgan fingerprint density at radius 2 is 1.79 bits per heavy atom. The molecule has 2 rings (SSSR count). The Morgan fingerprint density at radius 3 is 2.32 bits per heavy atom. The van der Waals surface area contributed by atoms with Gasteiger partial charge in [-0.3, -0.25) is 4.79 Å². The summed E-state index contributed by atoms with van der Waals surface area (Å²) in [5.74, 6) is -4.02. The number of carbonyl (C=O) groups excluding carboxylic acids is 1. The van der Waals surface area contributed by atoms with E-state index >= 15 is 0 Å². The number of ketones is 1. The second-order valence-corrected chi connectivity index (χ2v) is 5.43. The van der Waals surface area contributed by atoms with Gasteiger partial charge in [0.15, 0.2) is 5.78 Å². The monoisotopic (exact) mass is 270 g/mol. The molecule has 0 aliphatic heterocycles. The minimum Gasteiger partial charge on any atom is -0.294 e. The van der Waals surface area contributed by atoms with E-state index in [0.717, 1.165) is 5.56 Å². The van der Waals surface area contributed by atoms with E-state index in [1.165, 1.54) is 6.07 Å². The number of Topliss-reactive ketones (excluding diaryl/α,β-unsaturated/α-hetero) is 1. The van der Waals surface area contributed by atoms with Crippen LogP contribution < -0.4 is 0 Å². The van der Waals surface area contributed by atoms with Crippen LogP contribution in [-0.2, 0) is 0 Å². The number of rotatable bonds is 2. The zero-order chi connectivity index (χ0) is 14.2. The summed E-state index contributed by atoms with van der Waals surface area (Å²) in [6, 6.07) is 3.06. The molecule has 4 heteroatoms. The van der Waals surface area contributed by atoms with E-state index < -0.39 is 17.7 Å². The smallest absolute Gasteiger partial charge is 0.248 e. The number of carbonyl (C=O) groups is 1. The Morgan fingerprint density at radius 1 is 1.21 bits per heavy atom. The molecule has 1 aliphatic rings. The molecule has 1 aliphatic carbocycles. The second kappa shape index (κ2) is 4.99. The van der Waals surface area contributed by atoms with Gasteiger partial charge in [-0.25, -0.2) is 13.2 Å². The molecule has 1 nitrogen and oxygen atoms in total. The molecular weight excluding hydrogens is 253 g/mol. The first-order chi connectivity index (χ1) is 8.80. The maximum absolute atomic E-state index is 13.9. The first-order valence-corrected chi connectivity index (χ1v) is 6.49. The van der Waals surface area contributed by atoms with E-state index in [1.807, 2.05) is 0 Å². The molecule has 19 heavy (non-hydrogen) atoms. The van der Waals surface area contributed by atoms with Crippen molar-refractivity contribution in [2.75, 3.05) is 0 Å². The Kier molecular flexibility index (Phi) is 3.70. The van der Waals surface area contributed by atoms with Crippen molar-refractivity contribution < 1.29 is 18.0 Å². The van der Waals surface area contributed by atoms with Crippen LogP contribution in [0.15, 0.2) is 12.1 Å². The topological polar surface area (TPSA) is 17.1 Å². The number of alkyl halides is 2. The molecule has 0 aromatic heterocycles. The molecule has 0 heterocycles. The third-order valence-corrected chi connectivity index (χ3v) is 3.77. The fourth-order valence-electron chi connectivity index (χ4n) is 2.73. The lowest BCUT2D eigenvalue weighted by atomic mass is 9.81. The lowest BCUT2D eigenvalue weighted by molar-refractivity contribution is -0.0424. The summed E-state index contributed by atoms with van der Waals surface area (Å²) in [5, 5.41) is 0. The molecular formula is C15H17F3O. The Bertz CT molecular complexity index is 475. The summed E-state index contributed by atoms with van der Waals surface area (Å²) in [6.45, 7) is 3.44. The SMILES string of the molecule is Cc1cc(C)c(C(=O)C2CCC(F)(F)CC2)c(F)c1. The van der Waals surface area contributed by atoms with Crippen LogP contribution >= 0.6 is 0 Å². The minimum absolute atomic E-state index is 0.0702. The summed E-state index contributed by atoms with van der Waals surface area (Å²) < 4.78 is 40.0. The van der Waals surface area contributed by atoms with Crippen LogP contribution in [0.5, 0.6) is 0 Å². The van der Waals surface area contributed by atoms with Gasteiger partial charge in [-0.05, 0) is 43.9 Å². The minimum atomic E-state index is -2.67. The van der Waals surface area contributed by atoms with E-state index in [9.17, 15) is 18.0 Å². The maximum Gasteiger partial charge on any atom is 0.248 e. The molecule has 0 unspecified atom stereocenters. The number of aryl methyl sites for hydroxylation is 2. The molecule has 0 saturated heterocycles. The normalized spacial score (nSPS) is 19.4. The molecule has 0 bridgehead atoms. The largest absolute Gasteiger partial charge is 0.294 e. The molecule has 1 saturated carbocycles. The van der Waals surface area contributed by atoms with E-state index in [1.54, 1.807) is 19.9 Å². The summed E-state index contributed by atoms with van der Waals surface area (Å²) in [5.41, 5.74) is 1.40. The van der Waals surface area contributed by atoms with Crippen molar-refractivity contribution in [2.24, 2.45) is 5.92 Å². The van der Waals surface area contributed by atoms with Crippen molar-refractivity contribution in [1.82, 2.24) is 0 Å². The van der Waals surface area contributed by atoms with Gasteiger partial charge >= 0.3 is 0 Å². The Hall–Kier alpha value is -1.32. The first kappa shape index (κ1) is 14.1. The average Bonchev–Trinajstić information content (AvgIpc) is 2.27. The Balaban J connectivity index is 2.22. The Labute approximate surface area is 110 Å². The van der Waals surface area contributed by atoms with E-state index in [2.05, 4.69) is 0 Å². The highest BCUT2D eigenvalue weighted by Gasteiger charge is 2.38. The van der Waals surface area contributed by atoms with Gasteiger partial charge in [-0.15, -0.1) is 0 Å². The number of hydrogen-bond acceptors (Lipinski definition) is 1. The van der Waals surface area contributed by atoms with Crippen molar-refractivity contribution in [1.29, 1.82) is 0 Å². The molecule has 0 spiro atoms. The fourth-order valence-corrected chi connectivity index (χ4v) is 2.73. The maximum atomic E-state index is 13.9. The van der Waals surface area contributed by atoms with Crippen molar-refractivity contribution >= 4 is 5.78 Å². The van der Waals surface area contributed by atoms with Crippen LogP contribution in [0, 0.1) is 25.6 Å². The average molecular weight is 270 g/mol. The van der Waals surface area contributed by atoms with Gasteiger partial charge in [0.1, 0.15) is 5.82 Å². The van der Waals surface area contributed by atoms with E-state index in [-0.39, 0.29) is 37.0 Å². The number of hydrogen-bond donors (Lipinski definition) is 0. The highest BCUT2D eigenvalue weighted by molar-refractivity contribution is 5.99. The zero-order valence-corrected chi connectivity index (χ0v) is 11.1. The second-order valence-electron chi connectivity index (χ2n) is 5.43. The standard InChI is InChI=1S/C15H17F3O/c1-9-7-10(2)13(12(16)8-9)14(19)11-3-5-15(17,18)6-4-11/h7-8,11H,3-6H2,1-2H3. The molecule has 0 atom stereocenters. The number of benzene rings is 1. The highest BCUT2D eigenvalue weighted by Crippen LogP contribution is 2.38. The lowest BCUT2D eigenvalue weighted by Gasteiger charge is -2.27. The van der Waals surface area contributed by atoms with Gasteiger partial charge in [0.05, 0.1) is 5.56 Å². The lowest BCUT2D eigenvalue weighted by Crippen LogP contribution is -2.29. The van der Waals surface area contributed by atoms with Crippen LogP contribution in [-0.4, -0.2) is 11.7 Å². The van der Waals surface area contributed by atoms with Gasteiger partial charge in [0, 0.05) is 18.8 Å². The summed E-state index contributed by atoms with van der Waals surface area (Å²) in [6.07, 6.45) is -0.289. The molecule has 1 aromatic carbocycles. The zero-order valence-electron chi connectivity index (χ0n) is 11.1. The van der Waals surface area contributed by atoms with Crippen LogP contribution in [0.25, 0.3) is 0 Å². The molecule has 104 valence electrons. The van der Waals surface area contributed by atoms with Crippen LogP contribution in [0.1, 0.15) is 47.2 Å². The quantitative estimate of drug-likeness (QED) is 0.725. The van der Waals surface area contributed by atoms with Gasteiger partial charge < -0.3 is 0 Å². The molecule has 0 amide bonds. The predicted octanol–water partition coefficient (Wildman–Crippen LogP) is 4.45. The van der Waals surface area contributed by atoms with Crippen LogP contribution in [0.3, 0.4) is 0 Å². The third-order valence-electron chi connectivity index (χ3n) is 3.77.